The fraction of sp³-hybridized carbons (Fsp3) is 0.143. The summed E-state index contributed by atoms with van der Waals surface area (Å²) in [6.45, 7) is 0. The van der Waals surface area contributed by atoms with E-state index in [1.54, 1.807) is 50.9 Å². The van der Waals surface area contributed by atoms with Crippen LogP contribution in [0.25, 0.3) is 16.9 Å². The van der Waals surface area contributed by atoms with Crippen LogP contribution in [0.2, 0.25) is 0 Å². The Hall–Kier alpha value is -3.59. The maximum atomic E-state index is 11.7. The molecule has 2 aromatic heterocycles. The van der Waals surface area contributed by atoms with E-state index in [2.05, 4.69) is 10.3 Å². The van der Waals surface area contributed by atoms with Crippen molar-refractivity contribution < 1.29 is 17.9 Å². The van der Waals surface area contributed by atoms with Crippen LogP contribution in [0.15, 0.2) is 65.8 Å². The summed E-state index contributed by atoms with van der Waals surface area (Å²) in [6, 6.07) is 14.0. The monoisotopic (exact) mass is 424 g/mol. The normalized spacial score (nSPS) is 11.4. The zero-order chi connectivity index (χ0) is 21.3. The molecule has 0 amide bonds. The quantitative estimate of drug-likeness (QED) is 0.506. The second kappa shape index (κ2) is 7.68. The van der Waals surface area contributed by atoms with Gasteiger partial charge >= 0.3 is 0 Å². The summed E-state index contributed by atoms with van der Waals surface area (Å²) in [5.74, 6) is 1.78. The number of rotatable bonds is 6. The van der Waals surface area contributed by atoms with Crippen LogP contribution >= 0.6 is 0 Å². The lowest BCUT2D eigenvalue weighted by Crippen LogP contribution is -2.03. The molecule has 0 bridgehead atoms. The molecule has 2 heterocycles. The molecule has 0 fully saturated rings. The van der Waals surface area contributed by atoms with E-state index in [1.807, 2.05) is 28.7 Å². The SMILES string of the molecule is COc1ccc(-c2cc3nccn3c(Nc3ccc(S(C)(=O)=O)cc3)n2)cc1OC. The topological polar surface area (TPSA) is 94.8 Å². The highest BCUT2D eigenvalue weighted by molar-refractivity contribution is 7.90. The number of aromatic nitrogens is 3. The van der Waals surface area contributed by atoms with Crippen LogP contribution in [-0.2, 0) is 9.84 Å². The van der Waals surface area contributed by atoms with Crippen molar-refractivity contribution in [3.63, 3.8) is 0 Å². The van der Waals surface area contributed by atoms with Gasteiger partial charge in [-0.1, -0.05) is 0 Å². The van der Waals surface area contributed by atoms with Crippen molar-refractivity contribution in [3.8, 4) is 22.8 Å². The number of hydrogen-bond acceptors (Lipinski definition) is 7. The minimum atomic E-state index is -3.25. The van der Waals surface area contributed by atoms with Crippen LogP contribution in [0.5, 0.6) is 11.5 Å². The van der Waals surface area contributed by atoms with E-state index >= 15 is 0 Å². The Morgan fingerprint density at radius 1 is 0.967 bits per heavy atom. The number of fused-ring (bicyclic) bond motifs is 1. The fourth-order valence-corrected chi connectivity index (χ4v) is 3.70. The molecule has 154 valence electrons. The first-order valence-corrected chi connectivity index (χ1v) is 10.9. The Morgan fingerprint density at radius 2 is 1.70 bits per heavy atom. The van der Waals surface area contributed by atoms with E-state index in [0.717, 1.165) is 5.56 Å². The molecule has 0 aliphatic heterocycles. The van der Waals surface area contributed by atoms with Crippen molar-refractivity contribution in [2.24, 2.45) is 0 Å². The van der Waals surface area contributed by atoms with E-state index in [9.17, 15) is 8.42 Å². The molecule has 0 radical (unpaired) electrons. The van der Waals surface area contributed by atoms with E-state index in [0.29, 0.717) is 34.5 Å². The van der Waals surface area contributed by atoms with Gasteiger partial charge in [0.05, 0.1) is 24.8 Å². The Kier molecular flexibility index (Phi) is 5.04. The number of ether oxygens (including phenoxy) is 2. The number of methoxy groups -OCH3 is 2. The number of hydrogen-bond donors (Lipinski definition) is 1. The fourth-order valence-electron chi connectivity index (χ4n) is 3.07. The highest BCUT2D eigenvalue weighted by Crippen LogP contribution is 2.32. The van der Waals surface area contributed by atoms with Gasteiger partial charge in [0.1, 0.15) is 5.65 Å². The number of nitrogens with zero attached hydrogens (tertiary/aromatic N) is 3. The maximum Gasteiger partial charge on any atom is 0.213 e. The largest absolute Gasteiger partial charge is 0.493 e. The van der Waals surface area contributed by atoms with Gasteiger partial charge in [0.25, 0.3) is 0 Å². The van der Waals surface area contributed by atoms with Gasteiger partial charge in [-0.3, -0.25) is 4.40 Å². The maximum absolute atomic E-state index is 11.7. The van der Waals surface area contributed by atoms with Crippen molar-refractivity contribution in [3.05, 3.63) is 60.9 Å². The molecule has 8 nitrogen and oxygen atoms in total. The number of benzene rings is 2. The first-order valence-electron chi connectivity index (χ1n) is 9.02. The van der Waals surface area contributed by atoms with Crippen molar-refractivity contribution in [2.75, 3.05) is 25.8 Å². The van der Waals surface area contributed by atoms with Crippen LogP contribution in [0.4, 0.5) is 11.6 Å². The predicted molar refractivity (Wildman–Crippen MR) is 114 cm³/mol. The first-order chi connectivity index (χ1) is 14.4. The van der Waals surface area contributed by atoms with Gasteiger partial charge in [0.2, 0.25) is 5.95 Å². The molecule has 1 N–H and O–H groups in total. The molecule has 0 atom stereocenters. The number of sulfone groups is 1. The number of nitrogens with one attached hydrogen (secondary N) is 1. The summed E-state index contributed by atoms with van der Waals surface area (Å²) in [7, 11) is -0.0839. The van der Waals surface area contributed by atoms with Gasteiger partial charge in [-0.2, -0.15) is 0 Å². The third-order valence-corrected chi connectivity index (χ3v) is 5.74. The molecular weight excluding hydrogens is 404 g/mol. The number of anilines is 2. The molecule has 0 saturated carbocycles. The smallest absolute Gasteiger partial charge is 0.213 e. The minimum Gasteiger partial charge on any atom is -0.493 e. The second-order valence-corrected chi connectivity index (χ2v) is 8.63. The van der Waals surface area contributed by atoms with Crippen LogP contribution in [-0.4, -0.2) is 43.3 Å². The summed E-state index contributed by atoms with van der Waals surface area (Å²) in [5.41, 5.74) is 2.96. The summed E-state index contributed by atoms with van der Waals surface area (Å²) < 4.78 is 35.9. The summed E-state index contributed by atoms with van der Waals surface area (Å²) in [5, 5.41) is 3.23. The molecule has 30 heavy (non-hydrogen) atoms. The zero-order valence-electron chi connectivity index (χ0n) is 16.7. The molecule has 2 aromatic carbocycles. The Bertz CT molecular complexity index is 1310. The zero-order valence-corrected chi connectivity index (χ0v) is 17.5. The Labute approximate surface area is 174 Å². The van der Waals surface area contributed by atoms with Gasteiger partial charge in [0.15, 0.2) is 21.3 Å². The average Bonchev–Trinajstić information content (AvgIpc) is 3.22. The van der Waals surface area contributed by atoms with E-state index in [-0.39, 0.29) is 4.90 Å². The Balaban J connectivity index is 1.75. The molecule has 0 unspecified atom stereocenters. The van der Waals surface area contributed by atoms with Gasteiger partial charge < -0.3 is 14.8 Å². The Morgan fingerprint density at radius 3 is 2.37 bits per heavy atom. The molecule has 0 aliphatic carbocycles. The molecular formula is C21H20N4O4S. The van der Waals surface area contributed by atoms with Crippen molar-refractivity contribution in [1.29, 1.82) is 0 Å². The van der Waals surface area contributed by atoms with Crippen molar-refractivity contribution in [2.45, 2.75) is 4.90 Å². The predicted octanol–water partition coefficient (Wildman–Crippen LogP) is 3.56. The van der Waals surface area contributed by atoms with E-state index in [4.69, 9.17) is 14.5 Å². The lowest BCUT2D eigenvalue weighted by molar-refractivity contribution is 0.355. The van der Waals surface area contributed by atoms with Crippen LogP contribution < -0.4 is 14.8 Å². The molecule has 9 heteroatoms. The van der Waals surface area contributed by atoms with E-state index in [1.165, 1.54) is 6.26 Å². The highest BCUT2D eigenvalue weighted by atomic mass is 32.2. The van der Waals surface area contributed by atoms with Crippen LogP contribution in [0, 0.1) is 0 Å². The van der Waals surface area contributed by atoms with Crippen LogP contribution in [0.3, 0.4) is 0 Å². The summed E-state index contributed by atoms with van der Waals surface area (Å²) in [6.07, 6.45) is 4.67. The summed E-state index contributed by atoms with van der Waals surface area (Å²) >= 11 is 0. The minimum absolute atomic E-state index is 0.257. The average molecular weight is 424 g/mol. The van der Waals surface area contributed by atoms with E-state index < -0.39 is 9.84 Å². The van der Waals surface area contributed by atoms with Gasteiger partial charge in [-0.05, 0) is 42.5 Å². The van der Waals surface area contributed by atoms with Gasteiger partial charge in [-0.25, -0.2) is 18.4 Å². The first kappa shape index (κ1) is 19.7. The van der Waals surface area contributed by atoms with Crippen molar-refractivity contribution in [1.82, 2.24) is 14.4 Å². The highest BCUT2D eigenvalue weighted by Gasteiger charge is 2.12. The standard InChI is InChI=1S/C21H20N4O4S/c1-28-18-9-4-14(12-19(18)29-2)17-13-20-22-10-11-25(20)21(24-17)23-15-5-7-16(8-6-15)30(3,26)27/h4-13H,1-3H3,(H,23,24). The molecule has 0 spiro atoms. The lowest BCUT2D eigenvalue weighted by Gasteiger charge is -2.12. The molecule has 0 aliphatic rings. The number of imidazole rings is 1. The van der Waals surface area contributed by atoms with Crippen molar-refractivity contribution >= 4 is 27.1 Å². The summed E-state index contributed by atoms with van der Waals surface area (Å²) in [4.78, 5) is 9.37. The van der Waals surface area contributed by atoms with Gasteiger partial charge in [0, 0.05) is 36.0 Å². The van der Waals surface area contributed by atoms with Crippen LogP contribution in [0.1, 0.15) is 0 Å². The molecule has 4 rings (SSSR count). The second-order valence-electron chi connectivity index (χ2n) is 6.61. The van der Waals surface area contributed by atoms with Gasteiger partial charge in [-0.15, -0.1) is 0 Å². The molecule has 0 saturated heterocycles. The molecule has 4 aromatic rings. The lowest BCUT2D eigenvalue weighted by atomic mass is 10.1. The third kappa shape index (κ3) is 3.79. The third-order valence-electron chi connectivity index (χ3n) is 4.61.